The van der Waals surface area contributed by atoms with Crippen LogP contribution in [-0.2, 0) is 14.6 Å². The minimum absolute atomic E-state index is 0.140. The zero-order valence-corrected chi connectivity index (χ0v) is 11.6. The summed E-state index contributed by atoms with van der Waals surface area (Å²) in [6, 6.07) is 3.13. The summed E-state index contributed by atoms with van der Waals surface area (Å²) in [4.78, 5) is 11.8. The largest absolute Gasteiger partial charge is 0.508 e. The van der Waals surface area contributed by atoms with E-state index in [1.165, 1.54) is 13.0 Å². The number of hydrogen-bond acceptors (Lipinski definition) is 4. The minimum Gasteiger partial charge on any atom is -0.508 e. The van der Waals surface area contributed by atoms with Gasteiger partial charge in [0.15, 0.2) is 9.84 Å². The molecule has 1 amide bonds. The number of aryl methyl sites for hydroxylation is 2. The fraction of sp³-hybridized carbons (Fsp3) is 0.417. The van der Waals surface area contributed by atoms with Crippen LogP contribution >= 0.6 is 0 Å². The van der Waals surface area contributed by atoms with E-state index >= 15 is 0 Å². The van der Waals surface area contributed by atoms with E-state index in [4.69, 9.17) is 0 Å². The molecule has 0 aliphatic carbocycles. The normalized spacial score (nSPS) is 13.1. The van der Waals surface area contributed by atoms with Crippen LogP contribution in [0.4, 0.5) is 5.69 Å². The van der Waals surface area contributed by atoms with E-state index in [1.54, 1.807) is 19.9 Å². The van der Waals surface area contributed by atoms with Crippen molar-refractivity contribution in [3.8, 4) is 5.75 Å². The number of phenolic OH excluding ortho intramolecular Hbond substituents is 1. The van der Waals surface area contributed by atoms with Gasteiger partial charge < -0.3 is 10.4 Å². The summed E-state index contributed by atoms with van der Waals surface area (Å²) in [6.07, 6.45) is 1.02. The quantitative estimate of drug-likeness (QED) is 0.813. The Balaban J connectivity index is 2.99. The SMILES string of the molecule is Cc1cc(NC(=O)C(C)S(C)(=O)=O)c(C)cc1O. The number of rotatable bonds is 3. The van der Waals surface area contributed by atoms with E-state index in [1.807, 2.05) is 0 Å². The first kappa shape index (κ1) is 14.5. The number of phenols is 1. The second-order valence-corrected chi connectivity index (χ2v) is 6.78. The van der Waals surface area contributed by atoms with Gasteiger partial charge in [0, 0.05) is 11.9 Å². The average Bonchev–Trinajstić information content (AvgIpc) is 2.23. The first-order valence-corrected chi connectivity index (χ1v) is 7.38. The molecule has 1 rings (SSSR count). The Hall–Kier alpha value is -1.56. The third-order valence-electron chi connectivity index (χ3n) is 2.81. The molecule has 18 heavy (non-hydrogen) atoms. The predicted molar refractivity (Wildman–Crippen MR) is 70.5 cm³/mol. The summed E-state index contributed by atoms with van der Waals surface area (Å²) < 4.78 is 22.5. The molecule has 0 saturated heterocycles. The van der Waals surface area contributed by atoms with Crippen molar-refractivity contribution in [3.63, 3.8) is 0 Å². The van der Waals surface area contributed by atoms with Crippen LogP contribution in [0.15, 0.2) is 12.1 Å². The number of carbonyl (C=O) groups excluding carboxylic acids is 1. The number of amides is 1. The van der Waals surface area contributed by atoms with E-state index in [2.05, 4.69) is 5.32 Å². The van der Waals surface area contributed by atoms with Gasteiger partial charge in [0.1, 0.15) is 11.0 Å². The molecule has 2 N–H and O–H groups in total. The molecule has 0 fully saturated rings. The van der Waals surface area contributed by atoms with Crippen LogP contribution in [0.2, 0.25) is 0 Å². The second kappa shape index (κ2) is 4.97. The molecular formula is C12H17NO4S. The molecule has 0 aliphatic rings. The molecule has 0 aromatic heterocycles. The van der Waals surface area contributed by atoms with Crippen molar-refractivity contribution in [3.05, 3.63) is 23.3 Å². The summed E-state index contributed by atoms with van der Waals surface area (Å²) in [5.74, 6) is -0.438. The molecule has 0 saturated carbocycles. The van der Waals surface area contributed by atoms with Crippen molar-refractivity contribution >= 4 is 21.4 Å². The maximum atomic E-state index is 11.8. The van der Waals surface area contributed by atoms with Gasteiger partial charge in [-0.2, -0.15) is 0 Å². The lowest BCUT2D eigenvalue weighted by Gasteiger charge is -2.13. The highest BCUT2D eigenvalue weighted by Crippen LogP contribution is 2.25. The molecule has 0 bridgehead atoms. The van der Waals surface area contributed by atoms with Crippen LogP contribution in [0.1, 0.15) is 18.1 Å². The van der Waals surface area contributed by atoms with Gasteiger partial charge >= 0.3 is 0 Å². The van der Waals surface area contributed by atoms with Gasteiger partial charge in [0.05, 0.1) is 0 Å². The fourth-order valence-electron chi connectivity index (χ4n) is 1.36. The monoisotopic (exact) mass is 271 g/mol. The zero-order chi connectivity index (χ0) is 14.1. The van der Waals surface area contributed by atoms with E-state index in [0.29, 0.717) is 16.8 Å². The number of sulfone groups is 1. The summed E-state index contributed by atoms with van der Waals surface area (Å²) in [7, 11) is -3.41. The van der Waals surface area contributed by atoms with Crippen molar-refractivity contribution in [2.24, 2.45) is 0 Å². The maximum Gasteiger partial charge on any atom is 0.242 e. The van der Waals surface area contributed by atoms with Crippen LogP contribution in [-0.4, -0.2) is 30.9 Å². The molecule has 1 aromatic rings. The second-order valence-electron chi connectivity index (χ2n) is 4.41. The lowest BCUT2D eigenvalue weighted by Crippen LogP contribution is -2.32. The lowest BCUT2D eigenvalue weighted by atomic mass is 10.1. The molecule has 0 spiro atoms. The molecule has 5 nitrogen and oxygen atoms in total. The van der Waals surface area contributed by atoms with Gasteiger partial charge in [-0.1, -0.05) is 0 Å². The van der Waals surface area contributed by atoms with Gasteiger partial charge in [-0.25, -0.2) is 8.42 Å². The highest BCUT2D eigenvalue weighted by atomic mass is 32.2. The van der Waals surface area contributed by atoms with Crippen molar-refractivity contribution in [2.75, 3.05) is 11.6 Å². The zero-order valence-electron chi connectivity index (χ0n) is 10.8. The molecule has 0 aliphatic heterocycles. The Morgan fingerprint density at radius 2 is 1.83 bits per heavy atom. The first-order valence-electron chi connectivity index (χ1n) is 5.43. The van der Waals surface area contributed by atoms with E-state index in [0.717, 1.165) is 6.26 Å². The molecular weight excluding hydrogens is 254 g/mol. The van der Waals surface area contributed by atoms with Gasteiger partial charge in [-0.15, -0.1) is 0 Å². The molecule has 100 valence electrons. The Bertz CT molecular complexity index is 578. The molecule has 1 atom stereocenters. The van der Waals surface area contributed by atoms with Crippen molar-refractivity contribution in [2.45, 2.75) is 26.0 Å². The molecule has 1 aromatic carbocycles. The fourth-order valence-corrected chi connectivity index (χ4v) is 1.81. The number of anilines is 1. The maximum absolute atomic E-state index is 11.8. The summed E-state index contributed by atoms with van der Waals surface area (Å²) in [5, 5.41) is 10.9. The Morgan fingerprint density at radius 1 is 1.28 bits per heavy atom. The highest BCUT2D eigenvalue weighted by Gasteiger charge is 2.24. The Labute approximate surface area is 107 Å². The molecule has 6 heteroatoms. The predicted octanol–water partition coefficient (Wildman–Crippen LogP) is 1.38. The van der Waals surface area contributed by atoms with Crippen LogP contribution in [0.25, 0.3) is 0 Å². The van der Waals surface area contributed by atoms with E-state index < -0.39 is 21.0 Å². The molecule has 0 heterocycles. The smallest absolute Gasteiger partial charge is 0.242 e. The van der Waals surface area contributed by atoms with Crippen molar-refractivity contribution in [1.29, 1.82) is 0 Å². The van der Waals surface area contributed by atoms with Crippen LogP contribution in [0.5, 0.6) is 5.75 Å². The number of benzene rings is 1. The van der Waals surface area contributed by atoms with Crippen molar-refractivity contribution in [1.82, 2.24) is 0 Å². The van der Waals surface area contributed by atoms with Gasteiger partial charge in [-0.05, 0) is 44.0 Å². The number of aromatic hydroxyl groups is 1. The average molecular weight is 271 g/mol. The van der Waals surface area contributed by atoms with Gasteiger partial charge in [0.2, 0.25) is 5.91 Å². The third-order valence-corrected chi connectivity index (χ3v) is 4.31. The Kier molecular flexibility index (Phi) is 4.01. The molecule has 0 radical (unpaired) electrons. The summed E-state index contributed by atoms with van der Waals surface area (Å²) >= 11 is 0. The summed E-state index contributed by atoms with van der Waals surface area (Å²) in [5.41, 5.74) is 1.79. The number of hydrogen-bond donors (Lipinski definition) is 2. The van der Waals surface area contributed by atoms with Gasteiger partial charge in [-0.3, -0.25) is 4.79 Å². The van der Waals surface area contributed by atoms with Gasteiger partial charge in [0.25, 0.3) is 0 Å². The standard InChI is InChI=1S/C12H17NO4S/c1-7-6-11(14)8(2)5-10(7)13-12(15)9(3)18(4,16)17/h5-6,9,14H,1-4H3,(H,13,15). The van der Waals surface area contributed by atoms with Crippen LogP contribution < -0.4 is 5.32 Å². The van der Waals surface area contributed by atoms with E-state index in [9.17, 15) is 18.3 Å². The summed E-state index contributed by atoms with van der Waals surface area (Å²) in [6.45, 7) is 4.76. The van der Waals surface area contributed by atoms with Crippen molar-refractivity contribution < 1.29 is 18.3 Å². The highest BCUT2D eigenvalue weighted by molar-refractivity contribution is 7.92. The van der Waals surface area contributed by atoms with Crippen LogP contribution in [0.3, 0.4) is 0 Å². The Morgan fingerprint density at radius 3 is 2.33 bits per heavy atom. The van der Waals surface area contributed by atoms with Crippen LogP contribution in [0, 0.1) is 13.8 Å². The minimum atomic E-state index is -3.41. The molecule has 1 unspecified atom stereocenters. The first-order chi connectivity index (χ1) is 8.12. The number of nitrogens with one attached hydrogen (secondary N) is 1. The third kappa shape index (κ3) is 3.22. The van der Waals surface area contributed by atoms with E-state index in [-0.39, 0.29) is 5.75 Å². The lowest BCUT2D eigenvalue weighted by molar-refractivity contribution is -0.115. The topological polar surface area (TPSA) is 83.5 Å². The number of carbonyl (C=O) groups is 1.